The van der Waals surface area contributed by atoms with E-state index in [0.717, 1.165) is 11.0 Å². The van der Waals surface area contributed by atoms with Crippen LogP contribution in [0, 0.1) is 19.8 Å². The second-order valence-electron chi connectivity index (χ2n) is 5.27. The number of imidazole rings is 1. The molecule has 1 heterocycles. The summed E-state index contributed by atoms with van der Waals surface area (Å²) in [4.78, 5) is 16.3. The van der Waals surface area contributed by atoms with Crippen LogP contribution >= 0.6 is 0 Å². The number of nitrogens with one attached hydrogen (secondary N) is 1. The molecule has 1 amide bonds. The molecule has 2 rings (SSSR count). The molecule has 0 saturated carbocycles. The van der Waals surface area contributed by atoms with Gasteiger partial charge in [0, 0.05) is 0 Å². The van der Waals surface area contributed by atoms with Gasteiger partial charge in [-0.15, -0.1) is 0 Å². The van der Waals surface area contributed by atoms with E-state index in [0.29, 0.717) is 0 Å². The first kappa shape index (κ1) is 13.5. The van der Waals surface area contributed by atoms with E-state index < -0.39 is 0 Å². The van der Waals surface area contributed by atoms with E-state index in [1.165, 1.54) is 11.1 Å². The largest absolute Gasteiger partial charge is 0.318 e. The third-order valence-corrected chi connectivity index (χ3v) is 3.53. The van der Waals surface area contributed by atoms with Gasteiger partial charge in [0.1, 0.15) is 6.04 Å². The van der Waals surface area contributed by atoms with Crippen LogP contribution in [-0.4, -0.2) is 15.5 Å². The Morgan fingerprint density at radius 1 is 1.32 bits per heavy atom. The molecule has 0 saturated heterocycles. The van der Waals surface area contributed by atoms with E-state index in [4.69, 9.17) is 5.84 Å². The highest BCUT2D eigenvalue weighted by atomic mass is 16.2. The van der Waals surface area contributed by atoms with Crippen molar-refractivity contribution in [2.45, 2.75) is 33.7 Å². The summed E-state index contributed by atoms with van der Waals surface area (Å²) >= 11 is 0. The minimum absolute atomic E-state index is 0.127. The summed E-state index contributed by atoms with van der Waals surface area (Å²) in [5.74, 6) is 5.21. The molecule has 0 aliphatic carbocycles. The summed E-state index contributed by atoms with van der Waals surface area (Å²) in [6.07, 6.45) is 1.71. The van der Waals surface area contributed by atoms with E-state index >= 15 is 0 Å². The van der Waals surface area contributed by atoms with E-state index in [2.05, 4.69) is 30.3 Å². The Kier molecular flexibility index (Phi) is 3.57. The van der Waals surface area contributed by atoms with Crippen molar-refractivity contribution in [1.82, 2.24) is 15.0 Å². The predicted molar refractivity (Wildman–Crippen MR) is 75.4 cm³/mol. The highest BCUT2D eigenvalue weighted by Crippen LogP contribution is 2.25. The van der Waals surface area contributed by atoms with Gasteiger partial charge in [0.2, 0.25) is 0 Å². The zero-order valence-corrected chi connectivity index (χ0v) is 11.8. The van der Waals surface area contributed by atoms with Crippen LogP contribution in [0.3, 0.4) is 0 Å². The number of aryl methyl sites for hydroxylation is 2. The first-order chi connectivity index (χ1) is 8.95. The fourth-order valence-electron chi connectivity index (χ4n) is 2.34. The van der Waals surface area contributed by atoms with Crippen LogP contribution in [0.4, 0.5) is 0 Å². The average Bonchev–Trinajstić information content (AvgIpc) is 2.73. The number of hydrazine groups is 1. The highest BCUT2D eigenvalue weighted by molar-refractivity contribution is 5.84. The maximum absolute atomic E-state index is 12.0. The number of nitrogens with two attached hydrogens (primary N) is 1. The Bertz CT molecular complexity index is 615. The highest BCUT2D eigenvalue weighted by Gasteiger charge is 2.25. The van der Waals surface area contributed by atoms with Gasteiger partial charge in [-0.3, -0.25) is 10.2 Å². The van der Waals surface area contributed by atoms with Crippen molar-refractivity contribution in [3.63, 3.8) is 0 Å². The topological polar surface area (TPSA) is 72.9 Å². The lowest BCUT2D eigenvalue weighted by atomic mass is 10.0. The Balaban J connectivity index is 2.61. The van der Waals surface area contributed by atoms with Gasteiger partial charge in [0.25, 0.3) is 5.91 Å². The van der Waals surface area contributed by atoms with Gasteiger partial charge in [0.15, 0.2) is 0 Å². The summed E-state index contributed by atoms with van der Waals surface area (Å²) in [6, 6.07) is 3.76. The van der Waals surface area contributed by atoms with Gasteiger partial charge < -0.3 is 4.57 Å². The maximum atomic E-state index is 12.0. The summed E-state index contributed by atoms with van der Waals surface area (Å²) < 4.78 is 1.90. The average molecular weight is 260 g/mol. The second-order valence-corrected chi connectivity index (χ2v) is 5.27. The lowest BCUT2D eigenvalue weighted by Crippen LogP contribution is -2.39. The predicted octanol–water partition coefficient (Wildman–Crippen LogP) is 1.84. The molecule has 2 aromatic rings. The van der Waals surface area contributed by atoms with Crippen LogP contribution in [0.5, 0.6) is 0 Å². The van der Waals surface area contributed by atoms with Crippen LogP contribution in [0.15, 0.2) is 18.5 Å². The number of hydrogen-bond donors (Lipinski definition) is 2. The lowest BCUT2D eigenvalue weighted by Gasteiger charge is -2.21. The molecule has 0 aliphatic heterocycles. The number of nitrogens with zero attached hydrogens (tertiary/aromatic N) is 2. The van der Waals surface area contributed by atoms with Crippen LogP contribution in [0.25, 0.3) is 11.0 Å². The number of rotatable bonds is 3. The van der Waals surface area contributed by atoms with Crippen LogP contribution in [0.2, 0.25) is 0 Å². The lowest BCUT2D eigenvalue weighted by molar-refractivity contribution is -0.125. The van der Waals surface area contributed by atoms with Gasteiger partial charge in [-0.05, 0) is 43.0 Å². The summed E-state index contributed by atoms with van der Waals surface area (Å²) in [5, 5.41) is 0. The summed E-state index contributed by atoms with van der Waals surface area (Å²) in [6.45, 7) is 8.10. The number of aromatic nitrogens is 2. The summed E-state index contributed by atoms with van der Waals surface area (Å²) in [5.41, 5.74) is 6.48. The molecule has 1 unspecified atom stereocenters. The Morgan fingerprint density at radius 2 is 1.95 bits per heavy atom. The molecule has 1 atom stereocenters. The number of carbonyl (C=O) groups excluding carboxylic acids is 1. The van der Waals surface area contributed by atoms with Crippen molar-refractivity contribution < 1.29 is 4.79 Å². The maximum Gasteiger partial charge on any atom is 0.257 e. The molecule has 1 aromatic heterocycles. The zero-order chi connectivity index (χ0) is 14.2. The van der Waals surface area contributed by atoms with Crippen molar-refractivity contribution in [3.05, 3.63) is 29.6 Å². The van der Waals surface area contributed by atoms with Crippen molar-refractivity contribution >= 4 is 16.9 Å². The van der Waals surface area contributed by atoms with Crippen molar-refractivity contribution in [2.24, 2.45) is 11.8 Å². The van der Waals surface area contributed by atoms with Gasteiger partial charge >= 0.3 is 0 Å². The molecule has 102 valence electrons. The molecule has 19 heavy (non-hydrogen) atoms. The number of fused-ring (bicyclic) bond motifs is 1. The molecule has 5 nitrogen and oxygen atoms in total. The molecule has 0 bridgehead atoms. The monoisotopic (exact) mass is 260 g/mol. The molecule has 0 radical (unpaired) electrons. The van der Waals surface area contributed by atoms with Crippen molar-refractivity contribution in [2.75, 3.05) is 0 Å². The standard InChI is InChI=1S/C14H20N4O/c1-8(2)13(14(19)17-15)18-7-16-11-5-9(3)10(4)6-12(11)18/h5-8,13H,15H2,1-4H3,(H,17,19). The first-order valence-electron chi connectivity index (χ1n) is 6.40. The molecule has 0 fully saturated rings. The van der Waals surface area contributed by atoms with Gasteiger partial charge in [-0.2, -0.15) is 0 Å². The smallest absolute Gasteiger partial charge is 0.257 e. The van der Waals surface area contributed by atoms with Gasteiger partial charge in [-0.25, -0.2) is 10.8 Å². The number of benzene rings is 1. The Hall–Kier alpha value is -1.88. The minimum atomic E-state index is -0.350. The van der Waals surface area contributed by atoms with Crippen LogP contribution in [0.1, 0.15) is 31.0 Å². The van der Waals surface area contributed by atoms with E-state index in [-0.39, 0.29) is 17.9 Å². The Morgan fingerprint density at radius 3 is 2.53 bits per heavy atom. The van der Waals surface area contributed by atoms with Crippen LogP contribution in [-0.2, 0) is 4.79 Å². The zero-order valence-electron chi connectivity index (χ0n) is 11.8. The fourth-order valence-corrected chi connectivity index (χ4v) is 2.34. The number of hydrogen-bond acceptors (Lipinski definition) is 3. The molecular weight excluding hydrogens is 240 g/mol. The van der Waals surface area contributed by atoms with Crippen molar-refractivity contribution in [1.29, 1.82) is 0 Å². The third-order valence-electron chi connectivity index (χ3n) is 3.53. The van der Waals surface area contributed by atoms with E-state index in [9.17, 15) is 4.79 Å². The number of amides is 1. The summed E-state index contributed by atoms with van der Waals surface area (Å²) in [7, 11) is 0. The third kappa shape index (κ3) is 2.33. The number of carbonyl (C=O) groups is 1. The molecule has 1 aromatic carbocycles. The molecule has 0 spiro atoms. The van der Waals surface area contributed by atoms with E-state index in [1.54, 1.807) is 6.33 Å². The second kappa shape index (κ2) is 5.01. The molecular formula is C14H20N4O. The fraction of sp³-hybridized carbons (Fsp3) is 0.429. The Labute approximate surface area is 112 Å². The van der Waals surface area contributed by atoms with E-state index in [1.807, 2.05) is 24.5 Å². The molecule has 0 aliphatic rings. The van der Waals surface area contributed by atoms with Crippen LogP contribution < -0.4 is 11.3 Å². The van der Waals surface area contributed by atoms with Gasteiger partial charge in [-0.1, -0.05) is 13.8 Å². The minimum Gasteiger partial charge on any atom is -0.318 e. The quantitative estimate of drug-likeness (QED) is 0.502. The SMILES string of the molecule is Cc1cc2ncn(C(C(=O)NN)C(C)C)c2cc1C. The first-order valence-corrected chi connectivity index (χ1v) is 6.40. The molecule has 5 heteroatoms. The van der Waals surface area contributed by atoms with Crippen molar-refractivity contribution in [3.8, 4) is 0 Å². The van der Waals surface area contributed by atoms with Gasteiger partial charge in [0.05, 0.1) is 17.4 Å². The molecule has 3 N–H and O–H groups in total. The normalized spacial score (nSPS) is 12.9.